The number of ether oxygens (including phenoxy) is 4. The Bertz CT molecular complexity index is 1280. The highest BCUT2D eigenvalue weighted by molar-refractivity contribution is 6.41. The molecule has 2 N–H and O–H groups in total. The number of halogens is 2. The number of rotatable bonds is 9. The predicted molar refractivity (Wildman–Crippen MR) is 140 cm³/mol. The fourth-order valence-corrected chi connectivity index (χ4v) is 4.64. The number of amides is 1. The lowest BCUT2D eigenvalue weighted by atomic mass is 10.1. The Kier molecular flexibility index (Phi) is 8.03. The van der Waals surface area contributed by atoms with Gasteiger partial charge in [0.2, 0.25) is 11.8 Å². The summed E-state index contributed by atoms with van der Waals surface area (Å²) in [5, 5.41) is 8.31. The van der Waals surface area contributed by atoms with Gasteiger partial charge in [-0.15, -0.1) is 0 Å². The zero-order valence-corrected chi connectivity index (χ0v) is 21.6. The number of benzene rings is 1. The van der Waals surface area contributed by atoms with Crippen molar-refractivity contribution in [1.29, 1.82) is 0 Å². The molecule has 1 aliphatic heterocycles. The molecule has 1 amide bonds. The molecule has 2 atom stereocenters. The number of hydrogen-bond donors (Lipinski definition) is 2. The second-order valence-electron chi connectivity index (χ2n) is 7.93. The zero-order chi connectivity index (χ0) is 25.8. The molecule has 0 aliphatic carbocycles. The van der Waals surface area contributed by atoms with Crippen LogP contribution in [0.2, 0.25) is 10.0 Å². The number of anilines is 1. The fourth-order valence-electron chi connectivity index (χ4n) is 3.95. The average Bonchev–Trinajstić information content (AvgIpc) is 3.30. The first-order valence-corrected chi connectivity index (χ1v) is 12.0. The van der Waals surface area contributed by atoms with Crippen LogP contribution in [0.4, 0.5) is 5.82 Å². The van der Waals surface area contributed by atoms with E-state index in [4.69, 9.17) is 47.1 Å². The Morgan fingerprint density at radius 1 is 1.17 bits per heavy atom. The largest absolute Gasteiger partial charge is 0.495 e. The van der Waals surface area contributed by atoms with Crippen molar-refractivity contribution in [3.63, 3.8) is 0 Å². The van der Waals surface area contributed by atoms with Gasteiger partial charge in [-0.1, -0.05) is 29.8 Å². The highest BCUT2D eigenvalue weighted by atomic mass is 35.5. The van der Waals surface area contributed by atoms with E-state index in [9.17, 15) is 4.79 Å². The second-order valence-corrected chi connectivity index (χ2v) is 8.68. The highest BCUT2D eigenvalue weighted by Crippen LogP contribution is 2.46. The van der Waals surface area contributed by atoms with Crippen LogP contribution in [0.15, 0.2) is 37.1 Å². The van der Waals surface area contributed by atoms with Crippen LogP contribution in [-0.2, 0) is 9.53 Å². The summed E-state index contributed by atoms with van der Waals surface area (Å²) in [6, 6.07) is 4.91. The van der Waals surface area contributed by atoms with Crippen LogP contribution >= 0.6 is 23.2 Å². The van der Waals surface area contributed by atoms with Crippen molar-refractivity contribution in [2.75, 3.05) is 39.4 Å². The third-order valence-electron chi connectivity index (χ3n) is 5.72. The van der Waals surface area contributed by atoms with Crippen LogP contribution in [0.3, 0.4) is 0 Å². The summed E-state index contributed by atoms with van der Waals surface area (Å²) in [4.78, 5) is 21.0. The molecule has 190 valence electrons. The lowest BCUT2D eigenvalue weighted by molar-refractivity contribution is -0.117. The smallest absolute Gasteiger partial charge is 0.243 e. The average molecular weight is 533 g/mol. The van der Waals surface area contributed by atoms with Gasteiger partial charge < -0.3 is 29.6 Å². The number of carbonyl (C=O) groups is 1. The summed E-state index contributed by atoms with van der Waals surface area (Å²) in [5.41, 5.74) is 0.945. The van der Waals surface area contributed by atoms with E-state index in [-0.39, 0.29) is 18.0 Å². The quantitative estimate of drug-likeness (QED) is 0.388. The minimum atomic E-state index is -0.259. The molecule has 3 aromatic rings. The summed E-state index contributed by atoms with van der Waals surface area (Å²) < 4.78 is 22.2. The first-order chi connectivity index (χ1) is 17.4. The molecule has 1 aliphatic rings. The molecule has 36 heavy (non-hydrogen) atoms. The first kappa shape index (κ1) is 25.8. The number of hydrogen-bond acceptors (Lipinski definition) is 8. The number of nitrogens with zero attached hydrogens (tertiary/aromatic N) is 2. The van der Waals surface area contributed by atoms with Crippen LogP contribution < -0.4 is 24.8 Å². The van der Waals surface area contributed by atoms with Crippen LogP contribution in [-0.4, -0.2) is 62.0 Å². The van der Waals surface area contributed by atoms with E-state index in [1.807, 2.05) is 19.1 Å². The van der Waals surface area contributed by atoms with Crippen LogP contribution in [0.5, 0.6) is 17.4 Å². The van der Waals surface area contributed by atoms with Crippen molar-refractivity contribution < 1.29 is 23.7 Å². The van der Waals surface area contributed by atoms with Crippen molar-refractivity contribution >= 4 is 45.7 Å². The molecule has 1 fully saturated rings. The van der Waals surface area contributed by atoms with Crippen LogP contribution in [0.25, 0.3) is 22.0 Å². The maximum absolute atomic E-state index is 11.7. The lowest BCUT2D eigenvalue weighted by Crippen LogP contribution is -2.45. The topological polar surface area (TPSA) is 104 Å². The predicted octanol–water partition coefficient (Wildman–Crippen LogP) is 4.50. The summed E-state index contributed by atoms with van der Waals surface area (Å²) in [6.45, 7) is 6.58. The molecule has 3 heterocycles. The lowest BCUT2D eigenvalue weighted by Gasteiger charge is -2.20. The van der Waals surface area contributed by atoms with E-state index >= 15 is 0 Å². The standard InChI is InChI=1S/C25H26Cl2N4O5/c1-5-21(32)30-17-12-35-11-16(17)29-20-8-14-13(10-28-20)7-15(31-25(14)36-6-2)22-23(26)18(33-3)9-19(34-4)24(22)27/h5,7-10,16-17H,1,6,11-12H2,2-4H3,(H,28,29)(H,30,32)/t16-,17+/m1/s1. The van der Waals surface area contributed by atoms with Gasteiger partial charge in [-0.25, -0.2) is 9.97 Å². The van der Waals surface area contributed by atoms with Crippen molar-refractivity contribution in [3.05, 3.63) is 47.1 Å². The van der Waals surface area contributed by atoms with Crippen LogP contribution in [0.1, 0.15) is 6.92 Å². The minimum absolute atomic E-state index is 0.163. The van der Waals surface area contributed by atoms with Gasteiger partial charge in [-0.3, -0.25) is 4.79 Å². The van der Waals surface area contributed by atoms with Crippen LogP contribution in [0, 0.1) is 0 Å². The van der Waals surface area contributed by atoms with Crippen molar-refractivity contribution in [2.45, 2.75) is 19.0 Å². The molecule has 1 saturated heterocycles. The van der Waals surface area contributed by atoms with Gasteiger partial charge in [0.1, 0.15) is 17.3 Å². The number of fused-ring (bicyclic) bond motifs is 1. The molecular weight excluding hydrogens is 507 g/mol. The minimum Gasteiger partial charge on any atom is -0.495 e. The number of carbonyl (C=O) groups excluding carboxylic acids is 1. The van der Waals surface area contributed by atoms with E-state index in [2.05, 4.69) is 22.2 Å². The molecule has 0 saturated carbocycles. The molecular formula is C25H26Cl2N4O5. The molecule has 0 radical (unpaired) electrons. The number of nitrogens with one attached hydrogen (secondary N) is 2. The summed E-state index contributed by atoms with van der Waals surface area (Å²) in [5.74, 6) is 1.53. The molecule has 4 rings (SSSR count). The Hall–Kier alpha value is -3.27. The summed E-state index contributed by atoms with van der Waals surface area (Å²) >= 11 is 13.2. The molecule has 2 aromatic heterocycles. The van der Waals surface area contributed by atoms with Gasteiger partial charge in [-0.2, -0.15) is 0 Å². The Labute approximate surface area is 218 Å². The normalized spacial score (nSPS) is 17.0. The van der Waals surface area contributed by atoms with Gasteiger partial charge in [-0.05, 0) is 25.1 Å². The molecule has 0 unspecified atom stereocenters. The second kappa shape index (κ2) is 11.2. The maximum Gasteiger partial charge on any atom is 0.243 e. The van der Waals surface area contributed by atoms with Gasteiger partial charge in [0.25, 0.3) is 0 Å². The third-order valence-corrected chi connectivity index (χ3v) is 6.47. The van der Waals surface area contributed by atoms with E-state index in [1.54, 1.807) is 12.3 Å². The molecule has 0 spiro atoms. The summed E-state index contributed by atoms with van der Waals surface area (Å²) in [6.07, 6.45) is 2.94. The first-order valence-electron chi connectivity index (χ1n) is 11.2. The van der Waals surface area contributed by atoms with Gasteiger partial charge in [0, 0.05) is 28.6 Å². The van der Waals surface area contributed by atoms with Gasteiger partial charge in [0.15, 0.2) is 0 Å². The Balaban J connectivity index is 1.75. The van der Waals surface area contributed by atoms with Crippen molar-refractivity contribution in [2.24, 2.45) is 0 Å². The molecule has 11 heteroatoms. The molecule has 1 aromatic carbocycles. The SMILES string of the molecule is C=CC(=O)N[C@H]1COC[C@H]1Nc1cc2c(OCC)nc(-c3c(Cl)c(OC)cc(OC)c3Cl)cc2cn1. The van der Waals surface area contributed by atoms with E-state index in [0.29, 0.717) is 64.3 Å². The van der Waals surface area contributed by atoms with Gasteiger partial charge >= 0.3 is 0 Å². The monoisotopic (exact) mass is 532 g/mol. The highest BCUT2D eigenvalue weighted by Gasteiger charge is 2.29. The molecule has 0 bridgehead atoms. The van der Waals surface area contributed by atoms with E-state index in [1.165, 1.54) is 20.3 Å². The Morgan fingerprint density at radius 2 is 1.86 bits per heavy atom. The van der Waals surface area contributed by atoms with Crippen molar-refractivity contribution in [1.82, 2.24) is 15.3 Å². The number of methoxy groups -OCH3 is 2. The molecule has 9 nitrogen and oxygen atoms in total. The number of pyridine rings is 2. The number of aromatic nitrogens is 2. The van der Waals surface area contributed by atoms with Gasteiger partial charge in [0.05, 0.1) is 61.9 Å². The summed E-state index contributed by atoms with van der Waals surface area (Å²) in [7, 11) is 3.03. The zero-order valence-electron chi connectivity index (χ0n) is 20.1. The van der Waals surface area contributed by atoms with E-state index < -0.39 is 0 Å². The third kappa shape index (κ3) is 5.13. The van der Waals surface area contributed by atoms with E-state index in [0.717, 1.165) is 10.8 Å². The maximum atomic E-state index is 11.7. The fraction of sp³-hybridized carbons (Fsp3) is 0.320. The van der Waals surface area contributed by atoms with Crippen molar-refractivity contribution in [3.8, 4) is 28.6 Å². The Morgan fingerprint density at radius 3 is 2.50 bits per heavy atom.